The first-order valence-electron chi connectivity index (χ1n) is 6.16. The lowest BCUT2D eigenvalue weighted by atomic mass is 9.81. The van der Waals surface area contributed by atoms with Gasteiger partial charge in [0.1, 0.15) is 5.82 Å². The predicted molar refractivity (Wildman–Crippen MR) is 78.0 cm³/mol. The third-order valence-corrected chi connectivity index (χ3v) is 3.01. The summed E-state index contributed by atoms with van der Waals surface area (Å²) in [6, 6.07) is 10.5. The monoisotopic (exact) mass is 270 g/mol. The molecule has 0 aliphatic rings. The second kappa shape index (κ2) is 5.86. The van der Waals surface area contributed by atoms with Crippen molar-refractivity contribution >= 4 is 24.3 Å². The van der Waals surface area contributed by atoms with Crippen molar-refractivity contribution in [2.45, 2.75) is 6.92 Å². The predicted octanol–water partition coefficient (Wildman–Crippen LogP) is 0.346. The smallest absolute Gasteiger partial charge is 0.423 e. The molecule has 1 aromatic heterocycles. The molecule has 1 aromatic carbocycles. The van der Waals surface area contributed by atoms with Crippen LogP contribution in [-0.2, 0) is 0 Å². The molecule has 0 atom stereocenters. The van der Waals surface area contributed by atoms with E-state index in [0.29, 0.717) is 22.4 Å². The normalized spacial score (nSPS) is 10.2. The average molecular weight is 270 g/mol. The summed E-state index contributed by atoms with van der Waals surface area (Å²) in [5, 5.41) is 18.2. The Hall–Kier alpha value is -2.18. The molecule has 0 spiro atoms. The lowest BCUT2D eigenvalue weighted by molar-refractivity contribution is 0.0992. The molecular formula is C14H15BN2O3. The van der Waals surface area contributed by atoms with Gasteiger partial charge in [-0.15, -0.1) is 0 Å². The zero-order valence-corrected chi connectivity index (χ0v) is 11.3. The number of amides is 1. The van der Waals surface area contributed by atoms with Gasteiger partial charge in [0, 0.05) is 24.3 Å². The topological polar surface area (TPSA) is 73.7 Å². The standard InChI is InChI=1S/C14H15BN2O3/c1-10-8-12(15(19)20)9-16-13(10)17(2)14(18)11-6-4-3-5-7-11/h3-9,19-20H,1-2H3. The fourth-order valence-corrected chi connectivity index (χ4v) is 1.95. The summed E-state index contributed by atoms with van der Waals surface area (Å²) >= 11 is 0. The lowest BCUT2D eigenvalue weighted by Gasteiger charge is -2.19. The van der Waals surface area contributed by atoms with Crippen LogP contribution in [0.25, 0.3) is 0 Å². The van der Waals surface area contributed by atoms with Crippen LogP contribution in [0.4, 0.5) is 5.82 Å². The van der Waals surface area contributed by atoms with E-state index in [4.69, 9.17) is 10.0 Å². The van der Waals surface area contributed by atoms with E-state index in [1.54, 1.807) is 44.3 Å². The van der Waals surface area contributed by atoms with E-state index in [2.05, 4.69) is 4.98 Å². The molecule has 5 nitrogen and oxygen atoms in total. The fourth-order valence-electron chi connectivity index (χ4n) is 1.95. The minimum absolute atomic E-state index is 0.168. The number of anilines is 1. The molecule has 2 rings (SSSR count). The lowest BCUT2D eigenvalue weighted by Crippen LogP contribution is -2.33. The fraction of sp³-hybridized carbons (Fsp3) is 0.143. The number of nitrogens with zero attached hydrogens (tertiary/aromatic N) is 2. The largest absolute Gasteiger partial charge is 0.490 e. The highest BCUT2D eigenvalue weighted by Crippen LogP contribution is 2.16. The van der Waals surface area contributed by atoms with Crippen LogP contribution in [0.1, 0.15) is 15.9 Å². The molecule has 6 heteroatoms. The van der Waals surface area contributed by atoms with Crippen LogP contribution in [0.3, 0.4) is 0 Å². The molecule has 0 radical (unpaired) electrons. The van der Waals surface area contributed by atoms with E-state index in [-0.39, 0.29) is 5.91 Å². The van der Waals surface area contributed by atoms with Crippen LogP contribution in [0.5, 0.6) is 0 Å². The van der Waals surface area contributed by atoms with Gasteiger partial charge in [0.2, 0.25) is 0 Å². The number of rotatable bonds is 3. The van der Waals surface area contributed by atoms with E-state index in [1.807, 2.05) is 6.07 Å². The van der Waals surface area contributed by atoms with E-state index in [9.17, 15) is 4.79 Å². The van der Waals surface area contributed by atoms with Crippen molar-refractivity contribution in [1.82, 2.24) is 4.98 Å². The maximum Gasteiger partial charge on any atom is 0.490 e. The van der Waals surface area contributed by atoms with Gasteiger partial charge in [-0.3, -0.25) is 9.69 Å². The summed E-state index contributed by atoms with van der Waals surface area (Å²) in [5.41, 5.74) is 1.57. The molecule has 2 N–H and O–H groups in total. The van der Waals surface area contributed by atoms with E-state index in [0.717, 1.165) is 0 Å². The summed E-state index contributed by atoms with van der Waals surface area (Å²) in [7, 11) is 0.0741. The van der Waals surface area contributed by atoms with Crippen LogP contribution >= 0.6 is 0 Å². The Labute approximate surface area is 117 Å². The molecule has 0 bridgehead atoms. The SMILES string of the molecule is Cc1cc(B(O)O)cnc1N(C)C(=O)c1ccccc1. The number of aryl methyl sites for hydroxylation is 1. The van der Waals surface area contributed by atoms with E-state index in [1.165, 1.54) is 11.1 Å². The molecule has 0 saturated heterocycles. The molecule has 20 heavy (non-hydrogen) atoms. The van der Waals surface area contributed by atoms with Crippen LogP contribution in [0.15, 0.2) is 42.6 Å². The number of aromatic nitrogens is 1. The summed E-state index contributed by atoms with van der Waals surface area (Å²) in [4.78, 5) is 17.9. The Morgan fingerprint density at radius 2 is 1.90 bits per heavy atom. The van der Waals surface area contributed by atoms with Gasteiger partial charge in [0.25, 0.3) is 5.91 Å². The Kier molecular flexibility index (Phi) is 4.17. The van der Waals surface area contributed by atoms with Crippen molar-refractivity contribution in [2.75, 3.05) is 11.9 Å². The number of hydrogen-bond acceptors (Lipinski definition) is 4. The highest BCUT2D eigenvalue weighted by molar-refractivity contribution is 6.58. The highest BCUT2D eigenvalue weighted by atomic mass is 16.4. The van der Waals surface area contributed by atoms with Crippen molar-refractivity contribution in [3.05, 3.63) is 53.7 Å². The molecule has 102 valence electrons. The van der Waals surface area contributed by atoms with Gasteiger partial charge in [-0.2, -0.15) is 0 Å². The summed E-state index contributed by atoms with van der Waals surface area (Å²) in [5.74, 6) is 0.321. The van der Waals surface area contributed by atoms with Gasteiger partial charge in [0.15, 0.2) is 0 Å². The zero-order valence-electron chi connectivity index (χ0n) is 11.3. The third kappa shape index (κ3) is 2.87. The van der Waals surface area contributed by atoms with Crippen molar-refractivity contribution in [3.8, 4) is 0 Å². The van der Waals surface area contributed by atoms with Crippen molar-refractivity contribution in [2.24, 2.45) is 0 Å². The number of pyridine rings is 1. The summed E-state index contributed by atoms with van der Waals surface area (Å²) < 4.78 is 0. The Morgan fingerprint density at radius 3 is 2.45 bits per heavy atom. The zero-order chi connectivity index (χ0) is 14.7. The molecule has 0 unspecified atom stereocenters. The summed E-state index contributed by atoms with van der Waals surface area (Å²) in [6.07, 6.45) is 1.35. The van der Waals surface area contributed by atoms with Gasteiger partial charge in [-0.05, 0) is 24.6 Å². The van der Waals surface area contributed by atoms with E-state index < -0.39 is 7.12 Å². The molecular weight excluding hydrogens is 255 g/mol. The summed E-state index contributed by atoms with van der Waals surface area (Å²) in [6.45, 7) is 1.77. The van der Waals surface area contributed by atoms with E-state index >= 15 is 0 Å². The second-order valence-electron chi connectivity index (χ2n) is 4.51. The number of benzene rings is 1. The first-order valence-corrected chi connectivity index (χ1v) is 6.16. The maximum atomic E-state index is 12.3. The average Bonchev–Trinajstić information content (AvgIpc) is 2.46. The molecule has 0 saturated carbocycles. The molecule has 0 fully saturated rings. The van der Waals surface area contributed by atoms with Crippen molar-refractivity contribution in [3.63, 3.8) is 0 Å². The van der Waals surface area contributed by atoms with Crippen LogP contribution in [0, 0.1) is 6.92 Å². The first kappa shape index (κ1) is 14.2. The minimum atomic E-state index is -1.56. The maximum absolute atomic E-state index is 12.3. The number of hydrogen-bond donors (Lipinski definition) is 2. The molecule has 1 heterocycles. The Balaban J connectivity index is 2.30. The van der Waals surface area contributed by atoms with Gasteiger partial charge in [-0.1, -0.05) is 24.3 Å². The van der Waals surface area contributed by atoms with Crippen LogP contribution in [0.2, 0.25) is 0 Å². The molecule has 0 aliphatic carbocycles. The second-order valence-corrected chi connectivity index (χ2v) is 4.51. The van der Waals surface area contributed by atoms with Crippen molar-refractivity contribution in [1.29, 1.82) is 0 Å². The van der Waals surface area contributed by atoms with Gasteiger partial charge in [0.05, 0.1) is 0 Å². The number of carbonyl (C=O) groups is 1. The molecule has 0 aliphatic heterocycles. The molecule has 1 amide bonds. The first-order chi connectivity index (χ1) is 9.50. The van der Waals surface area contributed by atoms with Crippen molar-refractivity contribution < 1.29 is 14.8 Å². The third-order valence-electron chi connectivity index (χ3n) is 3.01. The quantitative estimate of drug-likeness (QED) is 0.789. The Bertz CT molecular complexity index is 617. The minimum Gasteiger partial charge on any atom is -0.423 e. The van der Waals surface area contributed by atoms with Gasteiger partial charge < -0.3 is 10.0 Å². The highest BCUT2D eigenvalue weighted by Gasteiger charge is 2.18. The Morgan fingerprint density at radius 1 is 1.25 bits per heavy atom. The van der Waals surface area contributed by atoms with Crippen LogP contribution < -0.4 is 10.4 Å². The van der Waals surface area contributed by atoms with Gasteiger partial charge >= 0.3 is 7.12 Å². The molecule has 2 aromatic rings. The number of carbonyl (C=O) groups excluding carboxylic acids is 1. The van der Waals surface area contributed by atoms with Crippen LogP contribution in [-0.4, -0.2) is 35.1 Å². The van der Waals surface area contributed by atoms with Gasteiger partial charge in [-0.25, -0.2) is 4.98 Å².